The van der Waals surface area contributed by atoms with Crippen LogP contribution in [0.1, 0.15) is 10.4 Å². The predicted molar refractivity (Wildman–Crippen MR) is 53.3 cm³/mol. The minimum Gasteiger partial charge on any atom is -0.505 e. The number of aromatic hydroxyl groups is 1. The molecular formula is C8H9ClN2O3. The van der Waals surface area contributed by atoms with Crippen LogP contribution in [0.15, 0.2) is 6.07 Å². The molecule has 0 radical (unpaired) electrons. The molecule has 76 valence electrons. The molecule has 0 saturated heterocycles. The van der Waals surface area contributed by atoms with Crippen LogP contribution in [0.25, 0.3) is 0 Å². The van der Waals surface area contributed by atoms with E-state index in [4.69, 9.17) is 23.1 Å². The molecule has 0 aliphatic heterocycles. The van der Waals surface area contributed by atoms with Crippen molar-refractivity contribution in [2.45, 2.75) is 0 Å². The van der Waals surface area contributed by atoms with Crippen molar-refractivity contribution >= 4 is 28.9 Å². The Morgan fingerprint density at radius 3 is 2.57 bits per heavy atom. The number of anilines is 2. The molecule has 0 spiro atoms. The SMILES string of the molecule is COC(=O)c1cc(Cl)c(N)c(N)c1O. The first-order chi connectivity index (χ1) is 6.49. The van der Waals surface area contributed by atoms with Crippen LogP contribution in [0, 0.1) is 0 Å². The number of carbonyl (C=O) groups excluding carboxylic acids is 1. The van der Waals surface area contributed by atoms with Crippen LogP contribution in [-0.2, 0) is 4.74 Å². The van der Waals surface area contributed by atoms with E-state index in [0.717, 1.165) is 0 Å². The number of carbonyl (C=O) groups is 1. The molecule has 0 aromatic heterocycles. The summed E-state index contributed by atoms with van der Waals surface area (Å²) in [5.74, 6) is -1.14. The standard InChI is InChI=1S/C8H9ClN2O3/c1-14-8(13)3-2-4(9)5(10)6(11)7(3)12/h2,12H,10-11H2,1H3. The number of hydrogen-bond acceptors (Lipinski definition) is 5. The summed E-state index contributed by atoms with van der Waals surface area (Å²) >= 11 is 5.67. The number of phenols is 1. The summed E-state index contributed by atoms with van der Waals surface area (Å²) in [6.45, 7) is 0. The lowest BCUT2D eigenvalue weighted by atomic mass is 10.1. The maximum atomic E-state index is 11.1. The van der Waals surface area contributed by atoms with Gasteiger partial charge in [-0.3, -0.25) is 0 Å². The maximum Gasteiger partial charge on any atom is 0.341 e. The fourth-order valence-corrected chi connectivity index (χ4v) is 1.15. The quantitative estimate of drug-likeness (QED) is 0.370. The third kappa shape index (κ3) is 1.54. The number of benzene rings is 1. The van der Waals surface area contributed by atoms with E-state index in [-0.39, 0.29) is 22.0 Å². The first-order valence-corrected chi connectivity index (χ1v) is 4.01. The monoisotopic (exact) mass is 216 g/mol. The lowest BCUT2D eigenvalue weighted by molar-refractivity contribution is 0.0597. The predicted octanol–water partition coefficient (Wildman–Crippen LogP) is 0.997. The summed E-state index contributed by atoms with van der Waals surface area (Å²) in [6.07, 6.45) is 0. The molecule has 0 bridgehead atoms. The maximum absolute atomic E-state index is 11.1. The van der Waals surface area contributed by atoms with Crippen molar-refractivity contribution in [2.24, 2.45) is 0 Å². The van der Waals surface area contributed by atoms with Crippen LogP contribution in [0.5, 0.6) is 5.75 Å². The van der Waals surface area contributed by atoms with Crippen LogP contribution in [-0.4, -0.2) is 18.2 Å². The highest BCUT2D eigenvalue weighted by atomic mass is 35.5. The van der Waals surface area contributed by atoms with Crippen LogP contribution >= 0.6 is 11.6 Å². The molecule has 0 aliphatic rings. The Kier molecular flexibility index (Phi) is 2.71. The largest absolute Gasteiger partial charge is 0.505 e. The second-order valence-corrected chi connectivity index (χ2v) is 2.98. The Labute approximate surface area is 85.2 Å². The first-order valence-electron chi connectivity index (χ1n) is 3.63. The molecule has 1 aromatic carbocycles. The fourth-order valence-electron chi connectivity index (χ4n) is 0.940. The van der Waals surface area contributed by atoms with E-state index in [2.05, 4.69) is 4.74 Å². The van der Waals surface area contributed by atoms with Gasteiger partial charge in [-0.2, -0.15) is 0 Å². The molecule has 0 heterocycles. The summed E-state index contributed by atoms with van der Waals surface area (Å²) in [5.41, 5.74) is 10.6. The number of rotatable bonds is 1. The van der Waals surface area contributed by atoms with Gasteiger partial charge in [0.25, 0.3) is 0 Å². The zero-order chi connectivity index (χ0) is 10.9. The van der Waals surface area contributed by atoms with Crippen molar-refractivity contribution in [3.63, 3.8) is 0 Å². The van der Waals surface area contributed by atoms with Gasteiger partial charge in [0.1, 0.15) is 5.56 Å². The Morgan fingerprint density at radius 1 is 1.50 bits per heavy atom. The molecule has 1 aromatic rings. The average molecular weight is 217 g/mol. The van der Waals surface area contributed by atoms with Crippen molar-refractivity contribution < 1.29 is 14.6 Å². The normalized spacial score (nSPS) is 9.86. The minimum atomic E-state index is -0.726. The highest BCUT2D eigenvalue weighted by Gasteiger charge is 2.18. The smallest absolute Gasteiger partial charge is 0.341 e. The Bertz CT molecular complexity index is 393. The number of halogens is 1. The molecule has 0 atom stereocenters. The summed E-state index contributed by atoms with van der Waals surface area (Å²) in [4.78, 5) is 11.1. The Morgan fingerprint density at radius 2 is 2.07 bits per heavy atom. The fraction of sp³-hybridized carbons (Fsp3) is 0.125. The molecule has 5 nitrogen and oxygen atoms in total. The zero-order valence-corrected chi connectivity index (χ0v) is 8.13. The summed E-state index contributed by atoms with van der Waals surface area (Å²) in [7, 11) is 1.18. The van der Waals surface area contributed by atoms with Gasteiger partial charge < -0.3 is 21.3 Å². The van der Waals surface area contributed by atoms with Gasteiger partial charge in [-0.1, -0.05) is 11.6 Å². The molecule has 0 unspecified atom stereocenters. The molecule has 6 heteroatoms. The average Bonchev–Trinajstić information content (AvgIpc) is 2.19. The lowest BCUT2D eigenvalue weighted by Crippen LogP contribution is -2.05. The second kappa shape index (κ2) is 3.63. The van der Waals surface area contributed by atoms with E-state index >= 15 is 0 Å². The van der Waals surface area contributed by atoms with Crippen LogP contribution in [0.4, 0.5) is 11.4 Å². The molecule has 1 rings (SSSR count). The molecule has 0 aliphatic carbocycles. The Hall–Kier alpha value is -1.62. The third-order valence-electron chi connectivity index (χ3n) is 1.73. The second-order valence-electron chi connectivity index (χ2n) is 2.57. The number of nitrogen functional groups attached to an aromatic ring is 2. The van der Waals surface area contributed by atoms with Gasteiger partial charge in [-0.05, 0) is 6.07 Å². The number of phenolic OH excluding ortho intramolecular Hbond substituents is 1. The van der Waals surface area contributed by atoms with Crippen LogP contribution in [0.3, 0.4) is 0 Å². The molecule has 0 fully saturated rings. The van der Waals surface area contributed by atoms with Crippen LogP contribution < -0.4 is 11.5 Å². The lowest BCUT2D eigenvalue weighted by Gasteiger charge is -2.09. The molecule has 14 heavy (non-hydrogen) atoms. The highest BCUT2D eigenvalue weighted by molar-refractivity contribution is 6.34. The van der Waals surface area contributed by atoms with Crippen molar-refractivity contribution in [3.05, 3.63) is 16.7 Å². The molecule has 0 amide bonds. The number of ether oxygens (including phenoxy) is 1. The van der Waals surface area contributed by atoms with E-state index in [0.29, 0.717) is 0 Å². The topological polar surface area (TPSA) is 98.6 Å². The van der Waals surface area contributed by atoms with E-state index in [1.807, 2.05) is 0 Å². The first kappa shape index (κ1) is 10.5. The zero-order valence-electron chi connectivity index (χ0n) is 7.37. The number of methoxy groups -OCH3 is 1. The van der Waals surface area contributed by atoms with Crippen molar-refractivity contribution in [1.82, 2.24) is 0 Å². The summed E-state index contributed by atoms with van der Waals surface area (Å²) < 4.78 is 4.41. The van der Waals surface area contributed by atoms with Crippen LogP contribution in [0.2, 0.25) is 5.02 Å². The number of nitrogens with two attached hydrogens (primary N) is 2. The van der Waals surface area contributed by atoms with Crippen molar-refractivity contribution in [1.29, 1.82) is 0 Å². The van der Waals surface area contributed by atoms with Gasteiger partial charge in [0, 0.05) is 0 Å². The Balaban J connectivity index is 3.40. The van der Waals surface area contributed by atoms with E-state index < -0.39 is 11.7 Å². The summed E-state index contributed by atoms with van der Waals surface area (Å²) in [6, 6.07) is 1.20. The van der Waals surface area contributed by atoms with Gasteiger partial charge in [-0.25, -0.2) is 4.79 Å². The van der Waals surface area contributed by atoms with E-state index in [1.54, 1.807) is 0 Å². The van der Waals surface area contributed by atoms with Gasteiger partial charge in [0.05, 0.1) is 23.5 Å². The molecule has 0 saturated carbocycles. The number of hydrogen-bond donors (Lipinski definition) is 3. The minimum absolute atomic E-state index is 0.0387. The highest BCUT2D eigenvalue weighted by Crippen LogP contribution is 2.36. The third-order valence-corrected chi connectivity index (χ3v) is 2.05. The molecular weight excluding hydrogens is 208 g/mol. The summed E-state index contributed by atoms with van der Waals surface area (Å²) in [5, 5.41) is 9.54. The van der Waals surface area contributed by atoms with Gasteiger partial charge in [0.2, 0.25) is 0 Å². The van der Waals surface area contributed by atoms with Gasteiger partial charge >= 0.3 is 5.97 Å². The van der Waals surface area contributed by atoms with Gasteiger partial charge in [-0.15, -0.1) is 0 Å². The number of esters is 1. The van der Waals surface area contributed by atoms with Crippen molar-refractivity contribution in [2.75, 3.05) is 18.6 Å². The van der Waals surface area contributed by atoms with E-state index in [9.17, 15) is 9.90 Å². The van der Waals surface area contributed by atoms with Crippen molar-refractivity contribution in [3.8, 4) is 5.75 Å². The van der Waals surface area contributed by atoms with E-state index in [1.165, 1.54) is 13.2 Å². The molecule has 5 N–H and O–H groups in total. The van der Waals surface area contributed by atoms with Gasteiger partial charge in [0.15, 0.2) is 5.75 Å².